The van der Waals surface area contributed by atoms with Gasteiger partial charge in [0.25, 0.3) is 0 Å². The third-order valence-corrected chi connectivity index (χ3v) is 7.78. The first kappa shape index (κ1) is 37.4. The number of rotatable bonds is 10. The van der Waals surface area contributed by atoms with E-state index >= 15 is 0 Å². The second kappa shape index (κ2) is 19.6. The van der Waals surface area contributed by atoms with Crippen LogP contribution in [0.1, 0.15) is 66.0 Å². The highest BCUT2D eigenvalue weighted by atomic mass is 16.6. The SMILES string of the molecule is CCOC(=O)C(O)Cc1cnccn1.CCOC(=O)[C@@H](Cc1cnccn1)OC(=O)Nc1c2c(cc3c1CCC3)CCC2.Cc1cnccn1. The summed E-state index contributed by atoms with van der Waals surface area (Å²) in [6, 6.07) is 2.30. The summed E-state index contributed by atoms with van der Waals surface area (Å²) in [6.07, 6.45) is 17.8. The Labute approximate surface area is 291 Å². The number of aliphatic hydroxyl groups excluding tert-OH is 1. The van der Waals surface area contributed by atoms with Gasteiger partial charge in [-0.1, -0.05) is 6.07 Å². The number of aliphatic hydroxyl groups is 1. The molecule has 0 saturated heterocycles. The highest BCUT2D eigenvalue weighted by molar-refractivity contribution is 5.90. The lowest BCUT2D eigenvalue weighted by molar-refractivity contribution is -0.153. The summed E-state index contributed by atoms with van der Waals surface area (Å²) >= 11 is 0. The lowest BCUT2D eigenvalue weighted by atomic mass is 9.99. The number of hydrogen-bond acceptors (Lipinski definition) is 13. The average molecular weight is 686 g/mol. The van der Waals surface area contributed by atoms with E-state index in [4.69, 9.17) is 9.47 Å². The first-order valence-corrected chi connectivity index (χ1v) is 16.7. The lowest BCUT2D eigenvalue weighted by Gasteiger charge is -2.19. The lowest BCUT2D eigenvalue weighted by Crippen LogP contribution is -2.33. The third kappa shape index (κ3) is 11.4. The van der Waals surface area contributed by atoms with Crippen LogP contribution in [0.4, 0.5) is 10.5 Å². The van der Waals surface area contributed by atoms with Gasteiger partial charge >= 0.3 is 18.0 Å². The molecule has 0 saturated carbocycles. The number of amides is 1. The summed E-state index contributed by atoms with van der Waals surface area (Å²) in [4.78, 5) is 59.8. The highest BCUT2D eigenvalue weighted by Crippen LogP contribution is 2.38. The van der Waals surface area contributed by atoms with E-state index in [-0.39, 0.29) is 26.1 Å². The van der Waals surface area contributed by atoms with Crippen LogP contribution in [0, 0.1) is 6.92 Å². The Kier molecular flexibility index (Phi) is 14.7. The average Bonchev–Trinajstić information content (AvgIpc) is 3.80. The minimum Gasteiger partial charge on any atom is -0.464 e. The quantitative estimate of drug-likeness (QED) is 0.181. The number of carbonyl (C=O) groups is 3. The molecular formula is C36H43N7O7. The van der Waals surface area contributed by atoms with E-state index in [9.17, 15) is 19.5 Å². The smallest absolute Gasteiger partial charge is 0.412 e. The maximum absolute atomic E-state index is 12.7. The Morgan fingerprint density at radius 3 is 1.76 bits per heavy atom. The van der Waals surface area contributed by atoms with Gasteiger partial charge in [0.1, 0.15) is 0 Å². The van der Waals surface area contributed by atoms with Crippen LogP contribution in [0.5, 0.6) is 0 Å². The van der Waals surface area contributed by atoms with Crippen molar-refractivity contribution < 1.29 is 33.7 Å². The summed E-state index contributed by atoms with van der Waals surface area (Å²) in [5.74, 6) is -1.21. The van der Waals surface area contributed by atoms with Gasteiger partial charge in [-0.3, -0.25) is 35.2 Å². The zero-order valence-electron chi connectivity index (χ0n) is 28.6. The van der Waals surface area contributed by atoms with Crippen LogP contribution >= 0.6 is 0 Å². The number of ether oxygens (including phenoxy) is 3. The zero-order chi connectivity index (χ0) is 35.7. The van der Waals surface area contributed by atoms with Crippen LogP contribution in [-0.4, -0.2) is 78.5 Å². The summed E-state index contributed by atoms with van der Waals surface area (Å²) in [5.41, 5.74) is 8.04. The summed E-state index contributed by atoms with van der Waals surface area (Å²) in [7, 11) is 0. The van der Waals surface area contributed by atoms with Crippen molar-refractivity contribution in [3.63, 3.8) is 0 Å². The normalized spacial score (nSPS) is 13.5. The monoisotopic (exact) mass is 685 g/mol. The van der Waals surface area contributed by atoms with Crippen molar-refractivity contribution in [1.29, 1.82) is 0 Å². The first-order valence-electron chi connectivity index (χ1n) is 16.7. The number of carbonyl (C=O) groups excluding carboxylic acids is 3. The van der Waals surface area contributed by atoms with Gasteiger partial charge in [-0.15, -0.1) is 0 Å². The molecule has 0 bridgehead atoms. The second-order valence-corrected chi connectivity index (χ2v) is 11.4. The van der Waals surface area contributed by atoms with Gasteiger partial charge in [0, 0.05) is 68.6 Å². The predicted octanol–water partition coefficient (Wildman–Crippen LogP) is 3.91. The zero-order valence-corrected chi connectivity index (χ0v) is 28.6. The molecule has 14 nitrogen and oxygen atoms in total. The Morgan fingerprint density at radius 2 is 1.28 bits per heavy atom. The Bertz CT molecular complexity index is 1650. The Morgan fingerprint density at radius 1 is 0.740 bits per heavy atom. The van der Waals surface area contributed by atoms with Crippen molar-refractivity contribution in [3.05, 3.63) is 101 Å². The standard InChI is InChI=1S/C22H25N3O4.C9H12N2O3.C5H6N2/c1-2-28-21(26)19(12-16-13-23-9-10-24-16)29-22(27)25-20-17-7-3-5-14(17)11-15-6-4-8-18(15)20;1-2-14-9(13)8(12)5-7-6-10-3-4-11-7;1-5-4-6-2-3-7-5/h9-11,13,19H,2-8,12H2,1H3,(H,25,27);3-4,6,8,12H,2,5H2,1H3;2-4H,1H3/t19-;;/m1../s1. The van der Waals surface area contributed by atoms with Crippen LogP contribution < -0.4 is 5.32 Å². The first-order chi connectivity index (χ1) is 24.3. The number of esters is 2. The molecule has 2 N–H and O–H groups in total. The molecule has 2 aliphatic rings. The molecule has 264 valence electrons. The largest absolute Gasteiger partial charge is 0.464 e. The van der Waals surface area contributed by atoms with E-state index < -0.39 is 30.2 Å². The topological polar surface area (TPSA) is 188 Å². The van der Waals surface area contributed by atoms with Gasteiger partial charge in [-0.05, 0) is 81.5 Å². The van der Waals surface area contributed by atoms with Gasteiger partial charge in [0.2, 0.25) is 6.10 Å². The molecule has 2 aliphatic carbocycles. The number of aromatic nitrogens is 6. The fourth-order valence-corrected chi connectivity index (χ4v) is 5.59. The predicted molar refractivity (Wildman–Crippen MR) is 182 cm³/mol. The molecule has 1 amide bonds. The number of nitrogens with zero attached hydrogens (tertiary/aromatic N) is 6. The number of aryl methyl sites for hydroxylation is 3. The van der Waals surface area contributed by atoms with Crippen LogP contribution in [-0.2, 0) is 62.3 Å². The molecule has 0 spiro atoms. The number of hydrogen-bond donors (Lipinski definition) is 2. The number of benzene rings is 1. The summed E-state index contributed by atoms with van der Waals surface area (Å²) in [6.45, 7) is 5.78. The number of anilines is 1. The fourth-order valence-electron chi connectivity index (χ4n) is 5.59. The van der Waals surface area contributed by atoms with Crippen molar-refractivity contribution in [2.75, 3.05) is 18.5 Å². The molecule has 3 heterocycles. The molecule has 50 heavy (non-hydrogen) atoms. The van der Waals surface area contributed by atoms with Gasteiger partial charge in [-0.2, -0.15) is 0 Å². The van der Waals surface area contributed by atoms with Crippen molar-refractivity contribution >= 4 is 23.7 Å². The Hall–Kier alpha value is -5.37. The van der Waals surface area contributed by atoms with E-state index in [0.29, 0.717) is 11.4 Å². The molecule has 2 atom stereocenters. The molecule has 1 unspecified atom stereocenters. The maximum Gasteiger partial charge on any atom is 0.412 e. The van der Waals surface area contributed by atoms with Gasteiger partial charge in [-0.25, -0.2) is 14.4 Å². The van der Waals surface area contributed by atoms with Crippen LogP contribution in [0.15, 0.2) is 61.8 Å². The van der Waals surface area contributed by atoms with E-state index in [2.05, 4.69) is 46.0 Å². The van der Waals surface area contributed by atoms with E-state index in [0.717, 1.165) is 49.9 Å². The van der Waals surface area contributed by atoms with Gasteiger partial charge in [0.15, 0.2) is 6.10 Å². The van der Waals surface area contributed by atoms with Crippen molar-refractivity contribution in [2.24, 2.45) is 0 Å². The highest BCUT2D eigenvalue weighted by Gasteiger charge is 2.29. The molecule has 0 fully saturated rings. The Balaban J connectivity index is 0.000000220. The van der Waals surface area contributed by atoms with Gasteiger partial charge in [0.05, 0.1) is 36.0 Å². The molecule has 6 rings (SSSR count). The molecule has 0 aliphatic heterocycles. The van der Waals surface area contributed by atoms with E-state index in [1.165, 1.54) is 47.0 Å². The summed E-state index contributed by atoms with van der Waals surface area (Å²) in [5, 5.41) is 12.3. The van der Waals surface area contributed by atoms with Crippen molar-refractivity contribution in [2.45, 2.75) is 84.3 Å². The van der Waals surface area contributed by atoms with Gasteiger partial charge < -0.3 is 19.3 Å². The van der Waals surface area contributed by atoms with Crippen molar-refractivity contribution in [1.82, 2.24) is 29.9 Å². The number of nitrogens with one attached hydrogen (secondary N) is 1. The van der Waals surface area contributed by atoms with E-state index in [1.54, 1.807) is 44.8 Å². The molecular weight excluding hydrogens is 642 g/mol. The van der Waals surface area contributed by atoms with Crippen LogP contribution in [0.3, 0.4) is 0 Å². The minimum absolute atomic E-state index is 0.116. The molecule has 1 aromatic carbocycles. The maximum atomic E-state index is 12.7. The molecule has 3 aromatic heterocycles. The molecule has 4 aromatic rings. The fraction of sp³-hybridized carbons (Fsp3) is 0.417. The van der Waals surface area contributed by atoms with E-state index in [1.807, 2.05) is 6.92 Å². The third-order valence-electron chi connectivity index (χ3n) is 7.78. The molecule has 0 radical (unpaired) electrons. The van der Waals surface area contributed by atoms with Crippen LogP contribution in [0.2, 0.25) is 0 Å². The van der Waals surface area contributed by atoms with Crippen LogP contribution in [0.25, 0.3) is 0 Å². The number of fused-ring (bicyclic) bond motifs is 2. The van der Waals surface area contributed by atoms with Crippen molar-refractivity contribution in [3.8, 4) is 0 Å². The summed E-state index contributed by atoms with van der Waals surface area (Å²) < 4.78 is 15.2. The minimum atomic E-state index is -1.16. The second-order valence-electron chi connectivity index (χ2n) is 11.4. The molecule has 14 heteroatoms.